The lowest BCUT2D eigenvalue weighted by atomic mass is 10.1. The first-order valence-electron chi connectivity index (χ1n) is 5.30. The lowest BCUT2D eigenvalue weighted by Crippen LogP contribution is -2.28. The zero-order valence-corrected chi connectivity index (χ0v) is 9.84. The number of ether oxygens (including phenoxy) is 1. The van der Waals surface area contributed by atoms with Gasteiger partial charge in [0.1, 0.15) is 12.4 Å². The van der Waals surface area contributed by atoms with Gasteiger partial charge in [-0.05, 0) is 32.4 Å². The molecule has 0 aromatic rings. The zero-order chi connectivity index (χ0) is 11.3. The number of aliphatic imine (C=N–C) groups is 1. The van der Waals surface area contributed by atoms with Crippen LogP contribution in [0.4, 0.5) is 0 Å². The van der Waals surface area contributed by atoms with Crippen LogP contribution < -0.4 is 5.32 Å². The molecule has 1 rings (SSSR count). The van der Waals surface area contributed by atoms with Gasteiger partial charge < -0.3 is 10.1 Å². The summed E-state index contributed by atoms with van der Waals surface area (Å²) in [6, 6.07) is 0.422. The topological polar surface area (TPSA) is 33.6 Å². The summed E-state index contributed by atoms with van der Waals surface area (Å²) in [5.41, 5.74) is 2.13. The minimum Gasteiger partial charge on any atom is -0.491 e. The minimum atomic E-state index is 0.422. The molecule has 0 spiro atoms. The van der Waals surface area contributed by atoms with Crippen LogP contribution in [-0.4, -0.2) is 33.0 Å². The lowest BCUT2D eigenvalue weighted by molar-refractivity contribution is 0.196. The van der Waals surface area contributed by atoms with Gasteiger partial charge in [-0.15, -0.1) is 0 Å². The highest BCUT2D eigenvalue weighted by molar-refractivity contribution is 5.79. The first-order valence-corrected chi connectivity index (χ1v) is 5.30. The van der Waals surface area contributed by atoms with Gasteiger partial charge in [0.15, 0.2) is 0 Å². The molecule has 0 amide bonds. The maximum absolute atomic E-state index is 5.76. The SMILES string of the molecule is C=C1CC[C@@H](NC)CO/C1=C(C)/C=N\C. The second kappa shape index (κ2) is 5.71. The van der Waals surface area contributed by atoms with E-state index >= 15 is 0 Å². The third-order valence-electron chi connectivity index (χ3n) is 2.63. The monoisotopic (exact) mass is 208 g/mol. The Labute approximate surface area is 91.9 Å². The number of hydrogen-bond acceptors (Lipinski definition) is 3. The molecule has 15 heavy (non-hydrogen) atoms. The molecule has 0 bridgehead atoms. The quantitative estimate of drug-likeness (QED) is 0.703. The Balaban J connectivity index is 2.82. The summed E-state index contributed by atoms with van der Waals surface area (Å²) in [5, 5.41) is 3.23. The standard InChI is InChI=1S/C12H20N2O/c1-9-5-6-11(14-4)8-15-12(9)10(2)7-13-3/h7,11,14H,1,5-6,8H2,2-4H3/b12-10+,13-7-/t11-/m1/s1. The van der Waals surface area contributed by atoms with E-state index in [4.69, 9.17) is 4.74 Å². The van der Waals surface area contributed by atoms with Crippen LogP contribution >= 0.6 is 0 Å². The van der Waals surface area contributed by atoms with Crippen LogP contribution in [-0.2, 0) is 4.74 Å². The Bertz CT molecular complexity index is 292. The van der Waals surface area contributed by atoms with Crippen molar-refractivity contribution in [1.82, 2.24) is 5.32 Å². The van der Waals surface area contributed by atoms with Crippen molar-refractivity contribution in [1.29, 1.82) is 0 Å². The number of allylic oxidation sites excluding steroid dienone is 2. The van der Waals surface area contributed by atoms with Crippen molar-refractivity contribution in [2.75, 3.05) is 20.7 Å². The van der Waals surface area contributed by atoms with Crippen molar-refractivity contribution in [3.63, 3.8) is 0 Å². The molecule has 0 saturated carbocycles. The highest BCUT2D eigenvalue weighted by Crippen LogP contribution is 2.23. The molecule has 1 atom stereocenters. The molecule has 1 aliphatic rings. The summed E-state index contributed by atoms with van der Waals surface area (Å²) in [4.78, 5) is 4.00. The molecule has 3 heteroatoms. The molecule has 0 radical (unpaired) electrons. The van der Waals surface area contributed by atoms with Gasteiger partial charge in [0.05, 0.1) is 0 Å². The van der Waals surface area contributed by atoms with Crippen molar-refractivity contribution in [3.05, 3.63) is 23.5 Å². The summed E-state index contributed by atoms with van der Waals surface area (Å²) in [7, 11) is 3.73. The fraction of sp³-hybridized carbons (Fsp3) is 0.583. The van der Waals surface area contributed by atoms with Gasteiger partial charge >= 0.3 is 0 Å². The molecule has 1 saturated heterocycles. The van der Waals surface area contributed by atoms with Gasteiger partial charge in [0.2, 0.25) is 0 Å². The number of nitrogens with zero attached hydrogens (tertiary/aromatic N) is 1. The number of rotatable bonds is 2. The van der Waals surface area contributed by atoms with E-state index in [-0.39, 0.29) is 0 Å². The molecule has 1 N–H and O–H groups in total. The van der Waals surface area contributed by atoms with E-state index in [1.807, 2.05) is 20.2 Å². The Kier molecular flexibility index (Phi) is 4.56. The maximum atomic E-state index is 5.76. The predicted molar refractivity (Wildman–Crippen MR) is 64.3 cm³/mol. The van der Waals surface area contributed by atoms with Crippen LogP contribution in [0.15, 0.2) is 28.5 Å². The van der Waals surface area contributed by atoms with E-state index in [1.165, 1.54) is 0 Å². The molecule has 0 unspecified atom stereocenters. The number of nitrogens with one attached hydrogen (secondary N) is 1. The molecule has 84 valence electrons. The van der Waals surface area contributed by atoms with Gasteiger partial charge in [-0.2, -0.15) is 0 Å². The molecular weight excluding hydrogens is 188 g/mol. The normalized spacial score (nSPS) is 26.3. The van der Waals surface area contributed by atoms with Crippen LogP contribution in [0.25, 0.3) is 0 Å². The molecular formula is C12H20N2O. The van der Waals surface area contributed by atoms with E-state index in [1.54, 1.807) is 7.05 Å². The largest absolute Gasteiger partial charge is 0.491 e. The third-order valence-corrected chi connectivity index (χ3v) is 2.63. The minimum absolute atomic E-state index is 0.422. The first kappa shape index (κ1) is 12.0. The van der Waals surface area contributed by atoms with Crippen molar-refractivity contribution < 1.29 is 4.74 Å². The average Bonchev–Trinajstić information content (AvgIpc) is 2.40. The van der Waals surface area contributed by atoms with Crippen molar-refractivity contribution >= 4 is 6.21 Å². The maximum Gasteiger partial charge on any atom is 0.126 e. The van der Waals surface area contributed by atoms with E-state index in [0.29, 0.717) is 12.6 Å². The van der Waals surface area contributed by atoms with Gasteiger partial charge in [-0.1, -0.05) is 6.58 Å². The van der Waals surface area contributed by atoms with Crippen molar-refractivity contribution in [2.45, 2.75) is 25.8 Å². The zero-order valence-electron chi connectivity index (χ0n) is 9.84. The molecule has 0 aromatic heterocycles. The summed E-state index contributed by atoms with van der Waals surface area (Å²) in [6.45, 7) is 6.77. The van der Waals surface area contributed by atoms with E-state index in [2.05, 4.69) is 16.9 Å². The van der Waals surface area contributed by atoms with E-state index in [0.717, 1.165) is 29.7 Å². The van der Waals surface area contributed by atoms with Gasteiger partial charge in [-0.3, -0.25) is 4.99 Å². The Morgan fingerprint density at radius 2 is 2.40 bits per heavy atom. The highest BCUT2D eigenvalue weighted by atomic mass is 16.5. The van der Waals surface area contributed by atoms with Crippen LogP contribution in [0.1, 0.15) is 19.8 Å². The van der Waals surface area contributed by atoms with Crippen LogP contribution in [0.2, 0.25) is 0 Å². The highest BCUT2D eigenvalue weighted by Gasteiger charge is 2.17. The van der Waals surface area contributed by atoms with Gasteiger partial charge in [0, 0.05) is 24.9 Å². The van der Waals surface area contributed by atoms with Crippen molar-refractivity contribution in [2.24, 2.45) is 4.99 Å². The predicted octanol–water partition coefficient (Wildman–Crippen LogP) is 1.92. The molecule has 3 nitrogen and oxygen atoms in total. The second-order valence-corrected chi connectivity index (χ2v) is 3.84. The summed E-state index contributed by atoms with van der Waals surface area (Å²) < 4.78 is 5.76. The molecule has 1 fully saturated rings. The van der Waals surface area contributed by atoms with Gasteiger partial charge in [-0.25, -0.2) is 0 Å². The summed E-state index contributed by atoms with van der Waals surface area (Å²) >= 11 is 0. The van der Waals surface area contributed by atoms with Crippen LogP contribution in [0.3, 0.4) is 0 Å². The average molecular weight is 208 g/mol. The third kappa shape index (κ3) is 3.20. The van der Waals surface area contributed by atoms with Gasteiger partial charge in [0.25, 0.3) is 0 Å². The first-order chi connectivity index (χ1) is 7.19. The molecule has 0 aliphatic carbocycles. The van der Waals surface area contributed by atoms with Crippen LogP contribution in [0.5, 0.6) is 0 Å². The molecule has 0 aromatic carbocycles. The smallest absolute Gasteiger partial charge is 0.126 e. The molecule has 1 aliphatic heterocycles. The Morgan fingerprint density at radius 1 is 1.67 bits per heavy atom. The Hall–Kier alpha value is -1.09. The van der Waals surface area contributed by atoms with E-state index < -0.39 is 0 Å². The Morgan fingerprint density at radius 3 is 3.00 bits per heavy atom. The fourth-order valence-electron chi connectivity index (χ4n) is 1.70. The van der Waals surface area contributed by atoms with Crippen molar-refractivity contribution in [3.8, 4) is 0 Å². The number of hydrogen-bond donors (Lipinski definition) is 1. The van der Waals surface area contributed by atoms with E-state index in [9.17, 15) is 0 Å². The summed E-state index contributed by atoms with van der Waals surface area (Å²) in [5.74, 6) is 0.915. The second-order valence-electron chi connectivity index (χ2n) is 3.84. The number of likely N-dealkylation sites (N-methyl/N-ethyl adjacent to an activating group) is 1. The lowest BCUT2D eigenvalue weighted by Gasteiger charge is -2.13. The molecule has 1 heterocycles. The summed E-state index contributed by atoms with van der Waals surface area (Å²) in [6.07, 6.45) is 3.88. The van der Waals surface area contributed by atoms with Crippen LogP contribution in [0, 0.1) is 0 Å². The fourth-order valence-corrected chi connectivity index (χ4v) is 1.70.